The first kappa shape index (κ1) is 10.2. The van der Waals surface area contributed by atoms with Gasteiger partial charge in [0.2, 0.25) is 0 Å². The molecule has 0 aromatic rings. The highest BCUT2D eigenvalue weighted by Gasteiger charge is 2.13. The predicted molar refractivity (Wildman–Crippen MR) is 48.5 cm³/mol. The summed E-state index contributed by atoms with van der Waals surface area (Å²) in [7, 11) is -0.371. The van der Waals surface area contributed by atoms with Crippen molar-refractivity contribution >= 4 is 27.4 Å². The fourth-order valence-electron chi connectivity index (χ4n) is 0.639. The Morgan fingerprint density at radius 2 is 2.10 bits per heavy atom. The summed E-state index contributed by atoms with van der Waals surface area (Å²) in [5, 5.41) is -0.153. The molecule has 0 heterocycles. The lowest BCUT2D eigenvalue weighted by atomic mass is 10.0. The molecule has 1 atom stereocenters. The van der Waals surface area contributed by atoms with Gasteiger partial charge in [0.25, 0.3) is 0 Å². The quantitative estimate of drug-likeness (QED) is 0.363. The van der Waals surface area contributed by atoms with E-state index in [-0.39, 0.29) is 14.5 Å². The Morgan fingerprint density at radius 3 is 2.40 bits per heavy atom. The van der Waals surface area contributed by atoms with Gasteiger partial charge in [-0.15, -0.1) is 11.6 Å². The first-order valence-electron chi connectivity index (χ1n) is 3.55. The van der Waals surface area contributed by atoms with E-state index in [0.717, 1.165) is 12.3 Å². The van der Waals surface area contributed by atoms with Gasteiger partial charge in [-0.25, -0.2) is 0 Å². The van der Waals surface area contributed by atoms with Crippen molar-refractivity contribution in [3.8, 4) is 0 Å². The van der Waals surface area contributed by atoms with Gasteiger partial charge in [0.15, 0.2) is 0 Å². The van der Waals surface area contributed by atoms with Crippen molar-refractivity contribution < 1.29 is 4.79 Å². The van der Waals surface area contributed by atoms with Crippen molar-refractivity contribution in [3.63, 3.8) is 0 Å². The molecule has 0 radical (unpaired) electrons. The molecular formula is C7H15ClOSi. The van der Waals surface area contributed by atoms with Crippen LogP contribution in [0.1, 0.15) is 20.8 Å². The van der Waals surface area contributed by atoms with Gasteiger partial charge in [0.1, 0.15) is 6.29 Å². The molecule has 0 amide bonds. The SMILES string of the molecule is CC(C)(C)C[SiH2]C(Cl)C=O. The molecule has 0 bridgehead atoms. The Labute approximate surface area is 70.0 Å². The molecule has 0 saturated heterocycles. The van der Waals surface area contributed by atoms with E-state index in [0.29, 0.717) is 5.41 Å². The summed E-state index contributed by atoms with van der Waals surface area (Å²) in [6.45, 7) is 6.53. The van der Waals surface area contributed by atoms with Crippen molar-refractivity contribution in [1.82, 2.24) is 0 Å². The first-order valence-corrected chi connectivity index (χ1v) is 5.80. The first-order chi connectivity index (χ1) is 4.45. The van der Waals surface area contributed by atoms with Crippen molar-refractivity contribution in [2.24, 2.45) is 5.41 Å². The van der Waals surface area contributed by atoms with E-state index in [4.69, 9.17) is 11.6 Å². The molecule has 0 aromatic carbocycles. The number of carbonyl (C=O) groups excluding carboxylic acids is 1. The third-order valence-corrected chi connectivity index (χ3v) is 4.61. The predicted octanol–water partition coefficient (Wildman–Crippen LogP) is 1.38. The van der Waals surface area contributed by atoms with Crippen LogP contribution >= 0.6 is 11.6 Å². The average molecular weight is 179 g/mol. The van der Waals surface area contributed by atoms with Crippen LogP contribution in [0.2, 0.25) is 6.04 Å². The number of hydrogen-bond donors (Lipinski definition) is 0. The zero-order valence-electron chi connectivity index (χ0n) is 6.86. The highest BCUT2D eigenvalue weighted by molar-refractivity contribution is 6.59. The Morgan fingerprint density at radius 1 is 1.60 bits per heavy atom. The number of halogens is 1. The molecule has 1 nitrogen and oxygen atoms in total. The number of carbonyl (C=O) groups is 1. The molecule has 0 aliphatic heterocycles. The Balaban J connectivity index is 3.45. The topological polar surface area (TPSA) is 17.1 Å². The minimum absolute atomic E-state index is 0.153. The van der Waals surface area contributed by atoms with E-state index in [2.05, 4.69) is 20.8 Å². The minimum Gasteiger partial charge on any atom is -0.302 e. The van der Waals surface area contributed by atoms with Crippen LogP contribution in [-0.4, -0.2) is 20.8 Å². The number of aldehydes is 1. The van der Waals surface area contributed by atoms with Gasteiger partial charge in [-0.3, -0.25) is 0 Å². The van der Waals surface area contributed by atoms with E-state index >= 15 is 0 Å². The van der Waals surface area contributed by atoms with Crippen molar-refractivity contribution in [2.75, 3.05) is 0 Å². The molecule has 10 heavy (non-hydrogen) atoms. The lowest BCUT2D eigenvalue weighted by Crippen LogP contribution is -2.17. The smallest absolute Gasteiger partial charge is 0.134 e. The van der Waals surface area contributed by atoms with Crippen molar-refractivity contribution in [3.05, 3.63) is 0 Å². The summed E-state index contributed by atoms with van der Waals surface area (Å²) >= 11 is 5.66. The molecule has 0 fully saturated rings. The molecule has 0 spiro atoms. The molecule has 0 rings (SSSR count). The van der Waals surface area contributed by atoms with Gasteiger partial charge in [0.05, 0.1) is 14.5 Å². The number of hydrogen-bond acceptors (Lipinski definition) is 1. The summed E-state index contributed by atoms with van der Waals surface area (Å²) in [4.78, 5) is 10.1. The van der Waals surface area contributed by atoms with Crippen molar-refractivity contribution in [1.29, 1.82) is 0 Å². The maximum Gasteiger partial charge on any atom is 0.134 e. The molecule has 1 unspecified atom stereocenters. The van der Waals surface area contributed by atoms with E-state index in [1.807, 2.05) is 0 Å². The zero-order valence-corrected chi connectivity index (χ0v) is 9.03. The van der Waals surface area contributed by atoms with Crippen LogP contribution in [0.3, 0.4) is 0 Å². The molecular weight excluding hydrogens is 164 g/mol. The highest BCUT2D eigenvalue weighted by atomic mass is 35.5. The Hall–Kier alpha value is 0.177. The van der Waals surface area contributed by atoms with Gasteiger partial charge < -0.3 is 4.79 Å². The van der Waals surface area contributed by atoms with E-state index in [1.165, 1.54) is 0 Å². The fraction of sp³-hybridized carbons (Fsp3) is 0.857. The monoisotopic (exact) mass is 178 g/mol. The normalized spacial score (nSPS) is 16.0. The van der Waals surface area contributed by atoms with Gasteiger partial charge in [-0.05, 0) is 5.41 Å². The molecule has 0 saturated carbocycles. The third kappa shape index (κ3) is 6.30. The van der Waals surface area contributed by atoms with Crippen LogP contribution in [0.4, 0.5) is 0 Å². The highest BCUT2D eigenvalue weighted by Crippen LogP contribution is 2.19. The van der Waals surface area contributed by atoms with Gasteiger partial charge in [-0.1, -0.05) is 26.8 Å². The van der Waals surface area contributed by atoms with Crippen LogP contribution in [0.15, 0.2) is 0 Å². The van der Waals surface area contributed by atoms with Gasteiger partial charge in [-0.2, -0.15) is 0 Å². The summed E-state index contributed by atoms with van der Waals surface area (Å²) in [5.41, 5.74) is 0.350. The molecule has 0 aliphatic carbocycles. The summed E-state index contributed by atoms with van der Waals surface area (Å²) in [6.07, 6.45) is 0.861. The van der Waals surface area contributed by atoms with Crippen LogP contribution in [0, 0.1) is 5.41 Å². The number of alkyl halides is 1. The van der Waals surface area contributed by atoms with Crippen LogP contribution in [0.25, 0.3) is 0 Å². The largest absolute Gasteiger partial charge is 0.302 e. The third-order valence-electron chi connectivity index (χ3n) is 1.32. The lowest BCUT2D eigenvalue weighted by molar-refractivity contribution is -0.106. The fourth-order valence-corrected chi connectivity index (χ4v) is 2.24. The van der Waals surface area contributed by atoms with Gasteiger partial charge >= 0.3 is 0 Å². The average Bonchev–Trinajstić information content (AvgIpc) is 1.81. The summed E-state index contributed by atoms with van der Waals surface area (Å²) in [5.74, 6) is 0. The van der Waals surface area contributed by atoms with Crippen LogP contribution < -0.4 is 0 Å². The molecule has 0 aromatic heterocycles. The maximum atomic E-state index is 10.1. The number of rotatable bonds is 3. The second-order valence-corrected chi connectivity index (χ2v) is 6.79. The second-order valence-electron chi connectivity index (χ2n) is 3.75. The van der Waals surface area contributed by atoms with Crippen molar-refractivity contribution in [2.45, 2.75) is 31.8 Å². The van der Waals surface area contributed by atoms with Crippen LogP contribution in [0.5, 0.6) is 0 Å². The molecule has 0 aliphatic rings. The minimum atomic E-state index is -0.371. The van der Waals surface area contributed by atoms with E-state index < -0.39 is 0 Å². The Bertz CT molecular complexity index is 109. The van der Waals surface area contributed by atoms with Crippen LogP contribution in [-0.2, 0) is 4.79 Å². The maximum absolute atomic E-state index is 10.1. The lowest BCUT2D eigenvalue weighted by Gasteiger charge is -2.17. The zero-order chi connectivity index (χ0) is 8.20. The Kier molecular flexibility index (Phi) is 4.21. The molecule has 0 N–H and O–H groups in total. The van der Waals surface area contributed by atoms with E-state index in [1.54, 1.807) is 0 Å². The standard InChI is InChI=1S/C7H15ClOSi/c1-7(2,3)5-10-6(8)4-9/h4,6H,5,10H2,1-3H3. The molecule has 60 valence electrons. The summed E-state index contributed by atoms with van der Waals surface area (Å²) in [6, 6.07) is 1.14. The molecule has 3 heteroatoms. The van der Waals surface area contributed by atoms with Gasteiger partial charge in [0, 0.05) is 0 Å². The van der Waals surface area contributed by atoms with E-state index in [9.17, 15) is 4.79 Å². The second kappa shape index (κ2) is 4.14. The summed E-state index contributed by atoms with van der Waals surface area (Å²) < 4.78 is 0.